The highest BCUT2D eigenvalue weighted by Crippen LogP contribution is 2.42. The summed E-state index contributed by atoms with van der Waals surface area (Å²) in [6, 6.07) is 15.4. The van der Waals surface area contributed by atoms with Gasteiger partial charge in [-0.2, -0.15) is 5.10 Å². The standard InChI is InChI=1S/C24H22N4O3S/c1-30-20-12-16-8-9-27(23(22-7-4-10-32-22)19(16)13-21(20)31-2)24(29)17-5-3-6-18(11-17)28-15-25-14-26-28/h3-7,10-15,23H,8-9H2,1-2H3. The lowest BCUT2D eigenvalue weighted by Crippen LogP contribution is -2.40. The van der Waals surface area contributed by atoms with Gasteiger partial charge in [0.05, 0.1) is 25.9 Å². The Kier molecular flexibility index (Phi) is 5.36. The molecule has 1 amide bonds. The number of benzene rings is 2. The zero-order valence-electron chi connectivity index (χ0n) is 17.8. The summed E-state index contributed by atoms with van der Waals surface area (Å²) in [5, 5.41) is 6.22. The Morgan fingerprint density at radius 3 is 2.66 bits per heavy atom. The topological polar surface area (TPSA) is 69.5 Å². The van der Waals surface area contributed by atoms with Gasteiger partial charge >= 0.3 is 0 Å². The average molecular weight is 447 g/mol. The Balaban J connectivity index is 1.57. The van der Waals surface area contributed by atoms with Crippen molar-refractivity contribution >= 4 is 17.2 Å². The number of ether oxygens (including phenoxy) is 2. The van der Waals surface area contributed by atoms with Gasteiger partial charge in [0.15, 0.2) is 11.5 Å². The number of methoxy groups -OCH3 is 2. The van der Waals surface area contributed by atoms with Crippen LogP contribution in [0.15, 0.2) is 66.6 Å². The Hall–Kier alpha value is -3.65. The first kappa shape index (κ1) is 20.3. The maximum atomic E-state index is 13.7. The first-order valence-corrected chi connectivity index (χ1v) is 11.1. The van der Waals surface area contributed by atoms with Gasteiger partial charge in [0.2, 0.25) is 0 Å². The van der Waals surface area contributed by atoms with Gasteiger partial charge in [-0.3, -0.25) is 4.79 Å². The van der Waals surface area contributed by atoms with Crippen LogP contribution in [0.4, 0.5) is 0 Å². The van der Waals surface area contributed by atoms with Crippen molar-refractivity contribution in [1.82, 2.24) is 19.7 Å². The van der Waals surface area contributed by atoms with Gasteiger partial charge in [-0.15, -0.1) is 11.3 Å². The van der Waals surface area contributed by atoms with Gasteiger partial charge < -0.3 is 14.4 Å². The summed E-state index contributed by atoms with van der Waals surface area (Å²) in [6.45, 7) is 0.609. The zero-order chi connectivity index (χ0) is 22.1. The largest absolute Gasteiger partial charge is 0.493 e. The highest BCUT2D eigenvalue weighted by atomic mass is 32.1. The van der Waals surface area contributed by atoms with Gasteiger partial charge in [0.1, 0.15) is 12.7 Å². The summed E-state index contributed by atoms with van der Waals surface area (Å²) in [5.41, 5.74) is 3.65. The third kappa shape index (κ3) is 3.52. The van der Waals surface area contributed by atoms with Crippen molar-refractivity contribution in [2.24, 2.45) is 0 Å². The molecule has 2 aromatic heterocycles. The third-order valence-corrected chi connectivity index (χ3v) is 6.65. The molecule has 1 unspecified atom stereocenters. The van der Waals surface area contributed by atoms with E-state index in [-0.39, 0.29) is 11.9 Å². The van der Waals surface area contributed by atoms with Crippen molar-refractivity contribution in [3.63, 3.8) is 0 Å². The Labute approximate surface area is 189 Å². The molecule has 0 spiro atoms. The molecule has 1 atom stereocenters. The van der Waals surface area contributed by atoms with Crippen LogP contribution in [0.2, 0.25) is 0 Å². The van der Waals surface area contributed by atoms with E-state index in [0.717, 1.165) is 22.5 Å². The zero-order valence-corrected chi connectivity index (χ0v) is 18.6. The summed E-state index contributed by atoms with van der Waals surface area (Å²) in [6.07, 6.45) is 3.84. The van der Waals surface area contributed by atoms with Gasteiger partial charge in [0, 0.05) is 17.0 Å². The quantitative estimate of drug-likeness (QED) is 0.461. The van der Waals surface area contributed by atoms with Crippen LogP contribution in [-0.2, 0) is 6.42 Å². The van der Waals surface area contributed by atoms with Crippen molar-refractivity contribution in [1.29, 1.82) is 0 Å². The Bertz CT molecular complexity index is 1240. The van der Waals surface area contributed by atoms with Crippen LogP contribution in [-0.4, -0.2) is 46.3 Å². The van der Waals surface area contributed by atoms with E-state index in [9.17, 15) is 4.79 Å². The Morgan fingerprint density at radius 1 is 1.09 bits per heavy atom. The second-order valence-electron chi connectivity index (χ2n) is 7.46. The minimum absolute atomic E-state index is 0.0224. The Morgan fingerprint density at radius 2 is 1.94 bits per heavy atom. The maximum absolute atomic E-state index is 13.7. The summed E-state index contributed by atoms with van der Waals surface area (Å²) < 4.78 is 12.7. The maximum Gasteiger partial charge on any atom is 0.254 e. The van der Waals surface area contributed by atoms with Crippen LogP contribution >= 0.6 is 11.3 Å². The van der Waals surface area contributed by atoms with Gasteiger partial charge in [-0.1, -0.05) is 12.1 Å². The normalized spacial score (nSPS) is 15.3. The van der Waals surface area contributed by atoms with Crippen LogP contribution in [0, 0.1) is 0 Å². The lowest BCUT2D eigenvalue weighted by atomic mass is 9.90. The van der Waals surface area contributed by atoms with E-state index in [1.54, 1.807) is 36.6 Å². The monoisotopic (exact) mass is 446 g/mol. The van der Waals surface area contributed by atoms with Crippen molar-refractivity contribution in [2.75, 3.05) is 20.8 Å². The second kappa shape index (κ2) is 8.47. The van der Waals surface area contributed by atoms with E-state index < -0.39 is 0 Å². The molecule has 7 nitrogen and oxygen atoms in total. The van der Waals surface area contributed by atoms with E-state index in [0.29, 0.717) is 23.6 Å². The molecular weight excluding hydrogens is 424 g/mol. The van der Waals surface area contributed by atoms with Crippen molar-refractivity contribution in [2.45, 2.75) is 12.5 Å². The fraction of sp³-hybridized carbons (Fsp3) is 0.208. The van der Waals surface area contributed by atoms with E-state index >= 15 is 0 Å². The third-order valence-electron chi connectivity index (χ3n) is 5.72. The minimum atomic E-state index is -0.193. The molecule has 162 valence electrons. The molecule has 0 saturated carbocycles. The molecule has 0 N–H and O–H groups in total. The van der Waals surface area contributed by atoms with Crippen molar-refractivity contribution in [3.8, 4) is 17.2 Å². The molecule has 4 aromatic rings. The predicted octanol–water partition coefficient (Wildman–Crippen LogP) is 4.13. The number of rotatable bonds is 5. The first-order chi connectivity index (χ1) is 15.7. The lowest BCUT2D eigenvalue weighted by molar-refractivity contribution is 0.0697. The minimum Gasteiger partial charge on any atom is -0.493 e. The second-order valence-corrected chi connectivity index (χ2v) is 8.44. The number of thiophene rings is 1. The van der Waals surface area contributed by atoms with E-state index in [1.807, 2.05) is 52.7 Å². The fourth-order valence-corrected chi connectivity index (χ4v) is 5.06. The summed E-state index contributed by atoms with van der Waals surface area (Å²) >= 11 is 1.65. The van der Waals surface area contributed by atoms with Crippen molar-refractivity contribution in [3.05, 3.63) is 88.1 Å². The number of fused-ring (bicyclic) bond motifs is 1. The molecule has 0 fully saturated rings. The molecule has 1 aliphatic heterocycles. The van der Waals surface area contributed by atoms with Crippen LogP contribution in [0.5, 0.6) is 11.5 Å². The SMILES string of the molecule is COc1cc2c(cc1OC)C(c1cccs1)N(C(=O)c1cccc(-n3cncn3)c1)CC2. The highest BCUT2D eigenvalue weighted by Gasteiger charge is 2.34. The molecule has 3 heterocycles. The number of carbonyl (C=O) groups is 1. The highest BCUT2D eigenvalue weighted by molar-refractivity contribution is 7.10. The number of aromatic nitrogens is 3. The molecule has 5 rings (SSSR count). The molecule has 32 heavy (non-hydrogen) atoms. The van der Waals surface area contributed by atoms with Crippen LogP contribution < -0.4 is 9.47 Å². The number of hydrogen-bond acceptors (Lipinski definition) is 6. The molecular formula is C24H22N4O3S. The number of nitrogens with zero attached hydrogens (tertiary/aromatic N) is 4. The molecule has 1 aliphatic rings. The molecule has 0 aliphatic carbocycles. The summed E-state index contributed by atoms with van der Waals surface area (Å²) in [5.74, 6) is 1.34. The van der Waals surface area contributed by atoms with Gasteiger partial charge in [0.25, 0.3) is 5.91 Å². The first-order valence-electron chi connectivity index (χ1n) is 10.2. The van der Waals surface area contributed by atoms with E-state index in [4.69, 9.17) is 9.47 Å². The average Bonchev–Trinajstić information content (AvgIpc) is 3.56. The molecule has 0 bridgehead atoms. The predicted molar refractivity (Wildman–Crippen MR) is 122 cm³/mol. The van der Waals surface area contributed by atoms with Crippen LogP contribution in [0.25, 0.3) is 5.69 Å². The molecule has 0 radical (unpaired) electrons. The smallest absolute Gasteiger partial charge is 0.254 e. The molecule has 2 aromatic carbocycles. The number of amides is 1. The summed E-state index contributed by atoms with van der Waals surface area (Å²) in [4.78, 5) is 20.8. The van der Waals surface area contributed by atoms with Crippen LogP contribution in [0.3, 0.4) is 0 Å². The van der Waals surface area contributed by atoms with E-state index in [2.05, 4.69) is 16.1 Å². The van der Waals surface area contributed by atoms with Gasteiger partial charge in [-0.05, 0) is 59.3 Å². The van der Waals surface area contributed by atoms with Crippen molar-refractivity contribution < 1.29 is 14.3 Å². The number of carbonyl (C=O) groups excluding carboxylic acids is 1. The van der Waals surface area contributed by atoms with Gasteiger partial charge in [-0.25, -0.2) is 9.67 Å². The van der Waals surface area contributed by atoms with Crippen LogP contribution in [0.1, 0.15) is 32.4 Å². The summed E-state index contributed by atoms with van der Waals surface area (Å²) in [7, 11) is 3.27. The molecule has 0 saturated heterocycles. The number of hydrogen-bond donors (Lipinski definition) is 0. The molecule has 8 heteroatoms. The fourth-order valence-electron chi connectivity index (χ4n) is 4.21. The lowest BCUT2D eigenvalue weighted by Gasteiger charge is -2.37. The van der Waals surface area contributed by atoms with E-state index in [1.165, 1.54) is 11.9 Å².